The Morgan fingerprint density at radius 3 is 2.80 bits per heavy atom. The molecule has 0 amide bonds. The molecule has 2 rings (SSSR count). The molecular weight excluding hydrogens is 250 g/mol. The Hall–Kier alpha value is -2.25. The molecule has 1 aromatic carbocycles. The lowest BCUT2D eigenvalue weighted by Crippen LogP contribution is -2.16. The first-order valence-electron chi connectivity index (χ1n) is 6.73. The molecule has 1 aromatic heterocycles. The highest BCUT2D eigenvalue weighted by Crippen LogP contribution is 2.08. The molecule has 0 bridgehead atoms. The third kappa shape index (κ3) is 4.15. The molecule has 1 N–H and O–H groups in total. The molecule has 20 heavy (non-hydrogen) atoms. The Balaban J connectivity index is 1.61. The summed E-state index contributed by atoms with van der Waals surface area (Å²) in [6.45, 7) is 2.37. The van der Waals surface area contributed by atoms with Crippen molar-refractivity contribution in [1.82, 2.24) is 9.88 Å². The van der Waals surface area contributed by atoms with Gasteiger partial charge in [-0.3, -0.25) is 0 Å². The predicted octanol–water partition coefficient (Wildman–Crippen LogP) is 2.46. The molecule has 0 aliphatic heterocycles. The lowest BCUT2D eigenvalue weighted by molar-refractivity contribution is 0.308. The van der Waals surface area contributed by atoms with Crippen LogP contribution in [0.2, 0.25) is 0 Å². The van der Waals surface area contributed by atoms with E-state index in [0.717, 1.165) is 30.8 Å². The molecular formula is C16H19N3O. The normalized spacial score (nSPS) is 10.2. The van der Waals surface area contributed by atoms with Gasteiger partial charge in [0.15, 0.2) is 0 Å². The van der Waals surface area contributed by atoms with Crippen LogP contribution in [0.5, 0.6) is 5.75 Å². The number of nitrogens with one attached hydrogen (secondary N) is 1. The summed E-state index contributed by atoms with van der Waals surface area (Å²) in [6.07, 6.45) is 2.93. The van der Waals surface area contributed by atoms with Gasteiger partial charge >= 0.3 is 0 Å². The monoisotopic (exact) mass is 269 g/mol. The summed E-state index contributed by atoms with van der Waals surface area (Å²) in [5.74, 6) is 0.911. The van der Waals surface area contributed by atoms with E-state index in [0.29, 0.717) is 12.3 Å². The summed E-state index contributed by atoms with van der Waals surface area (Å²) in [7, 11) is 1.88. The van der Waals surface area contributed by atoms with Gasteiger partial charge < -0.3 is 14.6 Å². The SMILES string of the molecule is Cn1cc(CNCCCOc2ccccc2)cc1C#N. The third-order valence-electron chi connectivity index (χ3n) is 3.02. The standard InChI is InChI=1S/C16H19N3O/c1-19-13-14(10-15(19)11-17)12-18-8-5-9-20-16-6-3-2-4-7-16/h2-4,6-7,10,13,18H,5,8-9,12H2,1H3. The first-order chi connectivity index (χ1) is 9.79. The molecule has 1 heterocycles. The van der Waals surface area contributed by atoms with Crippen molar-refractivity contribution in [3.05, 3.63) is 53.9 Å². The summed E-state index contributed by atoms with van der Waals surface area (Å²) < 4.78 is 7.45. The Labute approximate surface area is 119 Å². The second-order valence-corrected chi connectivity index (χ2v) is 4.65. The van der Waals surface area contributed by atoms with E-state index in [1.807, 2.05) is 54.2 Å². The molecule has 0 saturated heterocycles. The van der Waals surface area contributed by atoms with Gasteiger partial charge in [-0.1, -0.05) is 18.2 Å². The van der Waals surface area contributed by atoms with Gasteiger partial charge in [0.1, 0.15) is 17.5 Å². The van der Waals surface area contributed by atoms with Gasteiger partial charge in [-0.2, -0.15) is 5.26 Å². The van der Waals surface area contributed by atoms with E-state index in [1.54, 1.807) is 0 Å². The summed E-state index contributed by atoms with van der Waals surface area (Å²) >= 11 is 0. The summed E-state index contributed by atoms with van der Waals surface area (Å²) in [4.78, 5) is 0. The van der Waals surface area contributed by atoms with Crippen molar-refractivity contribution in [3.8, 4) is 11.8 Å². The van der Waals surface area contributed by atoms with Crippen molar-refractivity contribution in [2.24, 2.45) is 7.05 Å². The van der Waals surface area contributed by atoms with Crippen molar-refractivity contribution in [2.45, 2.75) is 13.0 Å². The average molecular weight is 269 g/mol. The van der Waals surface area contributed by atoms with E-state index >= 15 is 0 Å². The fourth-order valence-electron chi connectivity index (χ4n) is 1.98. The van der Waals surface area contributed by atoms with Gasteiger partial charge in [-0.25, -0.2) is 0 Å². The molecule has 2 aromatic rings. The number of nitriles is 1. The summed E-state index contributed by atoms with van der Waals surface area (Å²) in [5, 5.41) is 12.2. The van der Waals surface area contributed by atoms with Crippen LogP contribution in [0.4, 0.5) is 0 Å². The van der Waals surface area contributed by atoms with Gasteiger partial charge in [0.05, 0.1) is 6.61 Å². The minimum Gasteiger partial charge on any atom is -0.494 e. The quantitative estimate of drug-likeness (QED) is 0.785. The maximum absolute atomic E-state index is 8.87. The molecule has 4 heteroatoms. The van der Waals surface area contributed by atoms with E-state index in [1.165, 1.54) is 0 Å². The summed E-state index contributed by atoms with van der Waals surface area (Å²) in [5.41, 5.74) is 1.82. The number of hydrogen-bond donors (Lipinski definition) is 1. The second-order valence-electron chi connectivity index (χ2n) is 4.65. The molecule has 0 spiro atoms. The fourth-order valence-corrected chi connectivity index (χ4v) is 1.98. The number of benzene rings is 1. The van der Waals surface area contributed by atoms with Crippen LogP contribution >= 0.6 is 0 Å². The van der Waals surface area contributed by atoms with Crippen LogP contribution in [-0.2, 0) is 13.6 Å². The van der Waals surface area contributed by atoms with E-state index < -0.39 is 0 Å². The highest BCUT2D eigenvalue weighted by molar-refractivity contribution is 5.28. The van der Waals surface area contributed by atoms with Crippen LogP contribution in [0.25, 0.3) is 0 Å². The van der Waals surface area contributed by atoms with Crippen LogP contribution in [0.3, 0.4) is 0 Å². The van der Waals surface area contributed by atoms with E-state index in [9.17, 15) is 0 Å². The Kier molecular flexibility index (Phi) is 5.22. The topological polar surface area (TPSA) is 50.0 Å². The average Bonchev–Trinajstić information content (AvgIpc) is 2.84. The van der Waals surface area contributed by atoms with Crippen LogP contribution in [0, 0.1) is 11.3 Å². The molecule has 0 radical (unpaired) electrons. The summed E-state index contributed by atoms with van der Waals surface area (Å²) in [6, 6.07) is 13.9. The van der Waals surface area contributed by atoms with Crippen LogP contribution in [0.1, 0.15) is 17.7 Å². The molecule has 0 saturated carbocycles. The van der Waals surface area contributed by atoms with Crippen LogP contribution in [-0.4, -0.2) is 17.7 Å². The maximum Gasteiger partial charge on any atom is 0.120 e. The van der Waals surface area contributed by atoms with Crippen LogP contribution < -0.4 is 10.1 Å². The number of rotatable bonds is 7. The van der Waals surface area contributed by atoms with Crippen molar-refractivity contribution in [1.29, 1.82) is 5.26 Å². The Bertz CT molecular complexity index is 569. The highest BCUT2D eigenvalue weighted by Gasteiger charge is 2.01. The lowest BCUT2D eigenvalue weighted by atomic mass is 10.3. The van der Waals surface area contributed by atoms with Gasteiger partial charge in [0, 0.05) is 19.8 Å². The predicted molar refractivity (Wildman–Crippen MR) is 78.4 cm³/mol. The van der Waals surface area contributed by atoms with Crippen molar-refractivity contribution < 1.29 is 4.74 Å². The third-order valence-corrected chi connectivity index (χ3v) is 3.02. The number of aryl methyl sites for hydroxylation is 1. The number of para-hydroxylation sites is 1. The first kappa shape index (κ1) is 14.2. The fraction of sp³-hybridized carbons (Fsp3) is 0.312. The Morgan fingerprint density at radius 1 is 1.30 bits per heavy atom. The second kappa shape index (κ2) is 7.37. The van der Waals surface area contributed by atoms with Crippen molar-refractivity contribution in [3.63, 3.8) is 0 Å². The number of nitrogens with zero attached hydrogens (tertiary/aromatic N) is 2. The zero-order chi connectivity index (χ0) is 14.2. The van der Waals surface area contributed by atoms with Crippen LogP contribution in [0.15, 0.2) is 42.6 Å². The maximum atomic E-state index is 8.87. The molecule has 0 aliphatic rings. The number of hydrogen-bond acceptors (Lipinski definition) is 3. The molecule has 0 fully saturated rings. The zero-order valence-electron chi connectivity index (χ0n) is 11.7. The molecule has 0 unspecified atom stereocenters. The number of ether oxygens (including phenoxy) is 1. The Morgan fingerprint density at radius 2 is 2.10 bits per heavy atom. The molecule has 104 valence electrons. The van der Waals surface area contributed by atoms with Crippen molar-refractivity contribution in [2.75, 3.05) is 13.2 Å². The minimum atomic E-state index is 0.689. The van der Waals surface area contributed by atoms with E-state index in [-0.39, 0.29) is 0 Å². The van der Waals surface area contributed by atoms with Crippen molar-refractivity contribution >= 4 is 0 Å². The first-order valence-corrected chi connectivity index (χ1v) is 6.73. The van der Waals surface area contributed by atoms with Gasteiger partial charge in [0.2, 0.25) is 0 Å². The smallest absolute Gasteiger partial charge is 0.120 e. The van der Waals surface area contributed by atoms with Gasteiger partial charge in [-0.05, 0) is 36.7 Å². The zero-order valence-corrected chi connectivity index (χ0v) is 11.7. The molecule has 0 atom stereocenters. The van der Waals surface area contributed by atoms with E-state index in [2.05, 4.69) is 11.4 Å². The van der Waals surface area contributed by atoms with Gasteiger partial charge in [-0.15, -0.1) is 0 Å². The largest absolute Gasteiger partial charge is 0.494 e. The lowest BCUT2D eigenvalue weighted by Gasteiger charge is -2.06. The molecule has 4 nitrogen and oxygen atoms in total. The van der Waals surface area contributed by atoms with Gasteiger partial charge in [0.25, 0.3) is 0 Å². The van der Waals surface area contributed by atoms with E-state index in [4.69, 9.17) is 10.00 Å². The molecule has 0 aliphatic carbocycles. The minimum absolute atomic E-state index is 0.689. The number of aromatic nitrogens is 1. The highest BCUT2D eigenvalue weighted by atomic mass is 16.5.